The van der Waals surface area contributed by atoms with Crippen LogP contribution in [-0.2, 0) is 22.3 Å². The first kappa shape index (κ1) is 20.1. The van der Waals surface area contributed by atoms with Crippen molar-refractivity contribution in [1.29, 1.82) is 0 Å². The zero-order valence-corrected chi connectivity index (χ0v) is 15.9. The highest BCUT2D eigenvalue weighted by atomic mass is 19.4. The van der Waals surface area contributed by atoms with Crippen LogP contribution in [0.3, 0.4) is 0 Å². The molecule has 0 saturated heterocycles. The van der Waals surface area contributed by atoms with E-state index >= 15 is 0 Å². The number of pyridine rings is 1. The molecule has 4 atom stereocenters. The maximum Gasteiger partial charge on any atom is 0.418 e. The van der Waals surface area contributed by atoms with Crippen molar-refractivity contribution < 1.29 is 22.8 Å². The van der Waals surface area contributed by atoms with Gasteiger partial charge in [-0.3, -0.25) is 14.6 Å². The molecule has 0 unspecified atom stereocenters. The molecule has 1 heterocycles. The monoisotopic (exact) mass is 415 g/mol. The number of amides is 2. The SMILES string of the molecule is O=C(NCc1ccccn1)[C@@H]1[C@H](C(=O)Nc2ccccc2C(F)(F)F)[C@@H]2C=C[C@@H]1C2. The summed E-state index contributed by atoms with van der Waals surface area (Å²) in [6.45, 7) is 0.225. The molecule has 0 spiro atoms. The van der Waals surface area contributed by atoms with Crippen molar-refractivity contribution in [2.75, 3.05) is 5.32 Å². The number of alkyl halides is 3. The Bertz CT molecular complexity index is 975. The van der Waals surface area contributed by atoms with E-state index in [1.165, 1.54) is 18.2 Å². The molecular weight excluding hydrogens is 395 g/mol. The summed E-state index contributed by atoms with van der Waals surface area (Å²) in [5.74, 6) is -2.47. The summed E-state index contributed by atoms with van der Waals surface area (Å²) in [5.41, 5.74) is -0.521. The number of fused-ring (bicyclic) bond motifs is 2. The van der Waals surface area contributed by atoms with Gasteiger partial charge in [0, 0.05) is 6.20 Å². The van der Waals surface area contributed by atoms with Crippen LogP contribution in [0.1, 0.15) is 17.7 Å². The van der Waals surface area contributed by atoms with Gasteiger partial charge < -0.3 is 10.6 Å². The Kier molecular flexibility index (Phi) is 5.32. The van der Waals surface area contributed by atoms with E-state index in [0.29, 0.717) is 12.1 Å². The number of para-hydroxylation sites is 1. The first-order valence-corrected chi connectivity index (χ1v) is 9.67. The lowest BCUT2D eigenvalue weighted by molar-refractivity contribution is -0.137. The first-order chi connectivity index (χ1) is 14.3. The summed E-state index contributed by atoms with van der Waals surface area (Å²) in [6.07, 6.45) is 1.48. The zero-order chi connectivity index (χ0) is 21.3. The van der Waals surface area contributed by atoms with Crippen LogP contribution in [0.15, 0.2) is 60.8 Å². The Hall–Kier alpha value is -3.16. The van der Waals surface area contributed by atoms with Crippen molar-refractivity contribution in [2.45, 2.75) is 19.1 Å². The number of hydrogen-bond donors (Lipinski definition) is 2. The Labute approximate surface area is 171 Å². The van der Waals surface area contributed by atoms with Crippen LogP contribution in [-0.4, -0.2) is 16.8 Å². The maximum atomic E-state index is 13.3. The standard InChI is InChI=1S/C22H20F3N3O2/c23-22(24,25)16-6-1-2-7-17(16)28-21(30)19-14-9-8-13(11-14)18(19)20(29)27-12-15-5-3-4-10-26-15/h1-10,13-14,18-19H,11-12H2,(H,27,29)(H,28,30)/t13-,14-,18+,19-/m1/s1. The molecule has 1 aromatic heterocycles. The maximum absolute atomic E-state index is 13.3. The normalized spacial score (nSPS) is 24.6. The molecule has 2 aliphatic carbocycles. The largest absolute Gasteiger partial charge is 0.418 e. The van der Waals surface area contributed by atoms with Crippen LogP contribution in [0, 0.1) is 23.7 Å². The summed E-state index contributed by atoms with van der Waals surface area (Å²) in [7, 11) is 0. The molecule has 1 fully saturated rings. The molecule has 8 heteroatoms. The molecule has 1 saturated carbocycles. The number of rotatable bonds is 5. The fourth-order valence-corrected chi connectivity index (χ4v) is 4.39. The highest BCUT2D eigenvalue weighted by Crippen LogP contribution is 2.48. The third kappa shape index (κ3) is 3.94. The van der Waals surface area contributed by atoms with Gasteiger partial charge in [-0.2, -0.15) is 13.2 Å². The molecule has 2 aromatic rings. The van der Waals surface area contributed by atoms with Gasteiger partial charge in [0.1, 0.15) is 0 Å². The van der Waals surface area contributed by atoms with Crippen molar-refractivity contribution >= 4 is 17.5 Å². The number of hydrogen-bond acceptors (Lipinski definition) is 3. The Morgan fingerprint density at radius 2 is 1.63 bits per heavy atom. The number of anilines is 1. The number of aromatic nitrogens is 1. The van der Waals surface area contributed by atoms with E-state index in [-0.39, 0.29) is 30.0 Å². The smallest absolute Gasteiger partial charge is 0.350 e. The van der Waals surface area contributed by atoms with E-state index in [4.69, 9.17) is 0 Å². The van der Waals surface area contributed by atoms with Crippen molar-refractivity contribution in [3.63, 3.8) is 0 Å². The lowest BCUT2D eigenvalue weighted by atomic mass is 9.81. The molecule has 2 bridgehead atoms. The van der Waals surface area contributed by atoms with E-state index in [9.17, 15) is 22.8 Å². The van der Waals surface area contributed by atoms with Crippen molar-refractivity contribution in [2.24, 2.45) is 23.7 Å². The van der Waals surface area contributed by atoms with Gasteiger partial charge in [0.25, 0.3) is 0 Å². The Morgan fingerprint density at radius 1 is 0.967 bits per heavy atom. The number of halogens is 3. The van der Waals surface area contributed by atoms with Crippen LogP contribution in [0.2, 0.25) is 0 Å². The van der Waals surface area contributed by atoms with E-state index in [1.807, 2.05) is 18.2 Å². The molecule has 2 aliphatic rings. The molecule has 1 aromatic carbocycles. The summed E-state index contributed by atoms with van der Waals surface area (Å²) < 4.78 is 39.8. The van der Waals surface area contributed by atoms with Gasteiger partial charge in [-0.05, 0) is 42.5 Å². The predicted octanol–water partition coefficient (Wildman–Crippen LogP) is 3.79. The number of carbonyl (C=O) groups is 2. The molecule has 0 aliphatic heterocycles. The molecule has 156 valence electrons. The fourth-order valence-electron chi connectivity index (χ4n) is 4.39. The molecule has 2 N–H and O–H groups in total. The van der Waals surface area contributed by atoms with Crippen LogP contribution in [0.4, 0.5) is 18.9 Å². The second-order valence-electron chi connectivity index (χ2n) is 7.57. The van der Waals surface area contributed by atoms with Crippen LogP contribution in [0.5, 0.6) is 0 Å². The van der Waals surface area contributed by atoms with Crippen molar-refractivity contribution in [1.82, 2.24) is 10.3 Å². The summed E-state index contributed by atoms with van der Waals surface area (Å²) in [6, 6.07) is 10.2. The Morgan fingerprint density at radius 3 is 2.30 bits per heavy atom. The Balaban J connectivity index is 1.50. The molecule has 4 rings (SSSR count). The van der Waals surface area contributed by atoms with E-state index in [1.54, 1.807) is 18.3 Å². The lowest BCUT2D eigenvalue weighted by Crippen LogP contribution is -2.42. The number of nitrogens with one attached hydrogen (secondary N) is 2. The number of carbonyl (C=O) groups excluding carboxylic acids is 2. The average molecular weight is 415 g/mol. The average Bonchev–Trinajstić information content (AvgIpc) is 3.34. The third-order valence-corrected chi connectivity index (χ3v) is 5.72. The minimum absolute atomic E-state index is 0.104. The summed E-state index contributed by atoms with van der Waals surface area (Å²) in [4.78, 5) is 30.0. The highest BCUT2D eigenvalue weighted by Gasteiger charge is 2.51. The highest BCUT2D eigenvalue weighted by molar-refractivity contribution is 5.98. The fraction of sp³-hybridized carbons (Fsp3) is 0.318. The van der Waals surface area contributed by atoms with E-state index in [0.717, 1.165) is 6.07 Å². The summed E-state index contributed by atoms with van der Waals surface area (Å²) in [5, 5.41) is 5.23. The molecule has 5 nitrogen and oxygen atoms in total. The lowest BCUT2D eigenvalue weighted by Gasteiger charge is -2.27. The van der Waals surface area contributed by atoms with Crippen molar-refractivity contribution in [3.8, 4) is 0 Å². The number of benzene rings is 1. The predicted molar refractivity (Wildman–Crippen MR) is 104 cm³/mol. The van der Waals surface area contributed by atoms with Crippen LogP contribution in [0.25, 0.3) is 0 Å². The molecule has 2 amide bonds. The minimum Gasteiger partial charge on any atom is -0.350 e. The van der Waals surface area contributed by atoms with Gasteiger partial charge in [0.05, 0.1) is 35.3 Å². The third-order valence-electron chi connectivity index (χ3n) is 5.72. The topological polar surface area (TPSA) is 71.1 Å². The van der Waals surface area contributed by atoms with Gasteiger partial charge in [-0.25, -0.2) is 0 Å². The molecule has 0 radical (unpaired) electrons. The molecular formula is C22H20F3N3O2. The van der Waals surface area contributed by atoms with E-state index in [2.05, 4.69) is 15.6 Å². The van der Waals surface area contributed by atoms with E-state index < -0.39 is 29.5 Å². The minimum atomic E-state index is -4.59. The van der Waals surface area contributed by atoms with Gasteiger partial charge in [0.15, 0.2) is 0 Å². The van der Waals surface area contributed by atoms with Crippen LogP contribution >= 0.6 is 0 Å². The number of allylic oxidation sites excluding steroid dienone is 2. The van der Waals surface area contributed by atoms with Gasteiger partial charge >= 0.3 is 6.18 Å². The van der Waals surface area contributed by atoms with Crippen LogP contribution < -0.4 is 10.6 Å². The second kappa shape index (κ2) is 7.93. The second-order valence-corrected chi connectivity index (χ2v) is 7.57. The van der Waals surface area contributed by atoms with Gasteiger partial charge in [-0.1, -0.05) is 30.4 Å². The van der Waals surface area contributed by atoms with Gasteiger partial charge in [0.2, 0.25) is 11.8 Å². The zero-order valence-electron chi connectivity index (χ0n) is 15.9. The number of nitrogens with zero attached hydrogens (tertiary/aromatic N) is 1. The first-order valence-electron chi connectivity index (χ1n) is 9.67. The molecule has 30 heavy (non-hydrogen) atoms. The van der Waals surface area contributed by atoms with Gasteiger partial charge in [-0.15, -0.1) is 0 Å². The quantitative estimate of drug-likeness (QED) is 0.730. The van der Waals surface area contributed by atoms with Crippen molar-refractivity contribution in [3.05, 3.63) is 72.1 Å². The summed E-state index contributed by atoms with van der Waals surface area (Å²) >= 11 is 0.